The van der Waals surface area contributed by atoms with Crippen molar-refractivity contribution < 1.29 is 14.3 Å². The topological polar surface area (TPSA) is 83.7 Å². The molecule has 1 aromatic carbocycles. The molecule has 0 radical (unpaired) electrons. The predicted octanol–water partition coefficient (Wildman–Crippen LogP) is 0.613. The highest BCUT2D eigenvalue weighted by atomic mass is 35.5. The van der Waals surface area contributed by atoms with Gasteiger partial charge in [-0.15, -0.1) is 12.4 Å². The number of fused-ring (bicyclic) bond motifs is 1. The van der Waals surface area contributed by atoms with Crippen LogP contribution in [0.2, 0.25) is 0 Å². The van der Waals surface area contributed by atoms with Gasteiger partial charge in [-0.05, 0) is 37.1 Å². The summed E-state index contributed by atoms with van der Waals surface area (Å²) in [6, 6.07) is 6.27. The minimum absolute atomic E-state index is 0. The summed E-state index contributed by atoms with van der Waals surface area (Å²) in [5, 5.41) is 6.45. The number of carbonyl (C=O) groups is 1. The maximum absolute atomic E-state index is 12.3. The maximum Gasteiger partial charge on any atom is 0.231 e. The zero-order chi connectivity index (χ0) is 15.6. The molecule has 2 fully saturated rings. The Labute approximate surface area is 147 Å². The van der Waals surface area contributed by atoms with Gasteiger partial charge in [-0.3, -0.25) is 10.2 Å². The molecule has 2 saturated heterocycles. The van der Waals surface area contributed by atoms with Crippen molar-refractivity contribution in [2.45, 2.75) is 37.4 Å². The Morgan fingerprint density at radius 1 is 1.29 bits per heavy atom. The van der Waals surface area contributed by atoms with Crippen LogP contribution < -0.4 is 31.0 Å². The molecule has 0 aromatic heterocycles. The number of ether oxygens (including phenoxy) is 2. The van der Waals surface area contributed by atoms with Gasteiger partial charge in [-0.2, -0.15) is 0 Å². The average molecular weight is 355 g/mol. The van der Waals surface area contributed by atoms with E-state index in [1.807, 2.05) is 18.2 Å². The van der Waals surface area contributed by atoms with E-state index in [1.165, 1.54) is 0 Å². The van der Waals surface area contributed by atoms with E-state index in [0.717, 1.165) is 43.0 Å². The Hall–Kier alpha value is -1.54. The molecule has 0 saturated carbocycles. The lowest BCUT2D eigenvalue weighted by Gasteiger charge is -2.21. The highest BCUT2D eigenvalue weighted by Gasteiger charge is 2.31. The molecule has 0 bridgehead atoms. The van der Waals surface area contributed by atoms with Crippen molar-refractivity contribution in [1.29, 1.82) is 0 Å². The van der Waals surface area contributed by atoms with E-state index in [2.05, 4.69) is 21.5 Å². The Morgan fingerprint density at radius 2 is 2.17 bits per heavy atom. The summed E-state index contributed by atoms with van der Waals surface area (Å²) < 4.78 is 10.8. The van der Waals surface area contributed by atoms with Crippen LogP contribution in [0.5, 0.6) is 11.5 Å². The molecule has 3 aliphatic rings. The monoisotopic (exact) mass is 354 g/mol. The number of halogens is 1. The van der Waals surface area contributed by atoms with Crippen LogP contribution in [0.1, 0.15) is 30.7 Å². The van der Waals surface area contributed by atoms with Crippen LogP contribution in [0.15, 0.2) is 18.2 Å². The molecular formula is C16H23ClN4O3. The smallest absolute Gasteiger partial charge is 0.231 e. The molecule has 7 nitrogen and oxygen atoms in total. The molecule has 0 spiro atoms. The summed E-state index contributed by atoms with van der Waals surface area (Å²) in [7, 11) is 0. The van der Waals surface area contributed by atoms with E-state index in [-0.39, 0.29) is 37.2 Å². The quantitative estimate of drug-likeness (QED) is 0.634. The highest BCUT2D eigenvalue weighted by Crippen LogP contribution is 2.35. The standard InChI is InChI=1S/C16H22N4O3.ClH/c21-15(7-11-2-1-5-17-11)19-16-12(8-18-20-16)10-3-4-13-14(6-10)23-9-22-13;/h3-4,6,11-12,16-18,20H,1-2,5,7-9H2,(H,19,21);1H. The van der Waals surface area contributed by atoms with E-state index >= 15 is 0 Å². The lowest BCUT2D eigenvalue weighted by atomic mass is 9.96. The summed E-state index contributed by atoms with van der Waals surface area (Å²) in [6.45, 7) is 2.04. The molecule has 3 unspecified atom stereocenters. The molecule has 4 N–H and O–H groups in total. The van der Waals surface area contributed by atoms with Gasteiger partial charge in [0.1, 0.15) is 6.17 Å². The van der Waals surface area contributed by atoms with Crippen molar-refractivity contribution in [1.82, 2.24) is 21.5 Å². The molecule has 3 aliphatic heterocycles. The fraction of sp³-hybridized carbons (Fsp3) is 0.562. The second-order valence-corrected chi connectivity index (χ2v) is 6.29. The van der Waals surface area contributed by atoms with Gasteiger partial charge < -0.3 is 20.1 Å². The molecule has 3 heterocycles. The Bertz CT molecular complexity index is 595. The van der Waals surface area contributed by atoms with Crippen molar-refractivity contribution >= 4 is 18.3 Å². The molecule has 1 aromatic rings. The van der Waals surface area contributed by atoms with E-state index in [0.29, 0.717) is 12.5 Å². The fourth-order valence-electron chi connectivity index (χ4n) is 3.48. The summed E-state index contributed by atoms with van der Waals surface area (Å²) in [5.41, 5.74) is 7.41. The van der Waals surface area contributed by atoms with Gasteiger partial charge >= 0.3 is 0 Å². The van der Waals surface area contributed by atoms with Crippen LogP contribution in [-0.2, 0) is 4.79 Å². The number of hydrogen-bond acceptors (Lipinski definition) is 6. The lowest BCUT2D eigenvalue weighted by molar-refractivity contribution is -0.122. The first kappa shape index (κ1) is 17.3. The van der Waals surface area contributed by atoms with Crippen molar-refractivity contribution in [3.8, 4) is 11.5 Å². The van der Waals surface area contributed by atoms with Gasteiger partial charge in [0.05, 0.1) is 0 Å². The number of nitrogens with one attached hydrogen (secondary N) is 4. The third kappa shape index (κ3) is 3.59. The average Bonchev–Trinajstić information content (AvgIpc) is 3.27. The fourth-order valence-corrected chi connectivity index (χ4v) is 3.48. The third-order valence-corrected chi connectivity index (χ3v) is 4.72. The van der Waals surface area contributed by atoms with E-state index in [9.17, 15) is 4.79 Å². The first-order valence-electron chi connectivity index (χ1n) is 8.20. The Balaban J connectivity index is 0.00000169. The molecule has 132 valence electrons. The van der Waals surface area contributed by atoms with E-state index in [4.69, 9.17) is 9.47 Å². The maximum atomic E-state index is 12.3. The van der Waals surface area contributed by atoms with Gasteiger partial charge in [0.2, 0.25) is 12.7 Å². The van der Waals surface area contributed by atoms with Crippen LogP contribution in [0.25, 0.3) is 0 Å². The van der Waals surface area contributed by atoms with E-state index < -0.39 is 0 Å². The van der Waals surface area contributed by atoms with Crippen LogP contribution in [0, 0.1) is 0 Å². The van der Waals surface area contributed by atoms with E-state index in [1.54, 1.807) is 0 Å². The molecule has 24 heavy (non-hydrogen) atoms. The zero-order valence-electron chi connectivity index (χ0n) is 13.3. The highest BCUT2D eigenvalue weighted by molar-refractivity contribution is 5.85. The normalized spacial score (nSPS) is 27.8. The van der Waals surface area contributed by atoms with Crippen LogP contribution in [0.3, 0.4) is 0 Å². The molecular weight excluding hydrogens is 332 g/mol. The second-order valence-electron chi connectivity index (χ2n) is 6.29. The van der Waals surface area contributed by atoms with Crippen molar-refractivity contribution in [2.75, 3.05) is 19.9 Å². The third-order valence-electron chi connectivity index (χ3n) is 4.72. The molecule has 3 atom stereocenters. The minimum Gasteiger partial charge on any atom is -0.454 e. The van der Waals surface area contributed by atoms with Crippen molar-refractivity contribution in [2.24, 2.45) is 0 Å². The molecule has 0 aliphatic carbocycles. The van der Waals surface area contributed by atoms with Crippen molar-refractivity contribution in [3.63, 3.8) is 0 Å². The summed E-state index contributed by atoms with van der Waals surface area (Å²) in [4.78, 5) is 12.3. The van der Waals surface area contributed by atoms with Gasteiger partial charge in [-0.25, -0.2) is 5.43 Å². The largest absolute Gasteiger partial charge is 0.454 e. The minimum atomic E-state index is -0.121. The van der Waals surface area contributed by atoms with Gasteiger partial charge in [0, 0.05) is 24.9 Å². The number of amides is 1. The lowest BCUT2D eigenvalue weighted by Crippen LogP contribution is -2.47. The number of benzene rings is 1. The predicted molar refractivity (Wildman–Crippen MR) is 91.3 cm³/mol. The molecule has 8 heteroatoms. The SMILES string of the molecule is Cl.O=C(CC1CCCN1)NC1NNCC1c1ccc2c(c1)OCO2. The molecule has 1 amide bonds. The number of carbonyl (C=O) groups excluding carboxylic acids is 1. The first-order valence-corrected chi connectivity index (χ1v) is 8.20. The van der Waals surface area contributed by atoms with Crippen LogP contribution in [-0.4, -0.2) is 38.0 Å². The van der Waals surface area contributed by atoms with Gasteiger partial charge in [0.25, 0.3) is 0 Å². The summed E-state index contributed by atoms with van der Waals surface area (Å²) >= 11 is 0. The number of rotatable bonds is 4. The Kier molecular flexibility index (Phi) is 5.45. The summed E-state index contributed by atoms with van der Waals surface area (Å²) in [5.74, 6) is 1.79. The number of hydrazine groups is 1. The second kappa shape index (κ2) is 7.57. The van der Waals surface area contributed by atoms with Crippen molar-refractivity contribution in [3.05, 3.63) is 23.8 Å². The van der Waals surface area contributed by atoms with Gasteiger partial charge in [-0.1, -0.05) is 6.07 Å². The number of hydrogen-bond donors (Lipinski definition) is 4. The van der Waals surface area contributed by atoms with Crippen LogP contribution in [0.4, 0.5) is 0 Å². The summed E-state index contributed by atoms with van der Waals surface area (Å²) in [6.07, 6.45) is 2.65. The van der Waals surface area contributed by atoms with Crippen LogP contribution >= 0.6 is 12.4 Å². The zero-order valence-corrected chi connectivity index (χ0v) is 14.2. The van der Waals surface area contributed by atoms with Gasteiger partial charge in [0.15, 0.2) is 11.5 Å². The Morgan fingerprint density at radius 3 is 3.00 bits per heavy atom. The first-order chi connectivity index (χ1) is 11.3. The molecule has 4 rings (SSSR count).